The summed E-state index contributed by atoms with van der Waals surface area (Å²) < 4.78 is 7.73. The number of morpholine rings is 1. The monoisotopic (exact) mass is 348 g/mol. The summed E-state index contributed by atoms with van der Waals surface area (Å²) >= 11 is 1.64. The van der Waals surface area contributed by atoms with Crippen molar-refractivity contribution in [3.05, 3.63) is 34.3 Å². The van der Waals surface area contributed by atoms with Gasteiger partial charge in [-0.15, -0.1) is 0 Å². The molecule has 0 unspecified atom stereocenters. The van der Waals surface area contributed by atoms with Crippen molar-refractivity contribution < 1.29 is 9.53 Å². The molecule has 2 aromatic rings. The number of amides is 2. The van der Waals surface area contributed by atoms with Crippen LogP contribution in [0.15, 0.2) is 23.0 Å². The zero-order valence-corrected chi connectivity index (χ0v) is 15.3. The summed E-state index contributed by atoms with van der Waals surface area (Å²) in [5.41, 5.74) is 2.82. The zero-order chi connectivity index (χ0) is 17.3. The van der Waals surface area contributed by atoms with E-state index in [9.17, 15) is 4.79 Å². The molecule has 1 aliphatic rings. The Morgan fingerprint density at radius 3 is 2.92 bits per heavy atom. The average molecular weight is 348 g/mol. The van der Waals surface area contributed by atoms with Crippen LogP contribution in [0, 0.1) is 0 Å². The van der Waals surface area contributed by atoms with Crippen LogP contribution in [0.2, 0.25) is 0 Å². The van der Waals surface area contributed by atoms with Gasteiger partial charge in [-0.2, -0.15) is 16.4 Å². The van der Waals surface area contributed by atoms with E-state index in [1.165, 1.54) is 0 Å². The topological polar surface area (TPSA) is 59.4 Å². The van der Waals surface area contributed by atoms with E-state index in [0.717, 1.165) is 16.9 Å². The Labute approximate surface area is 146 Å². The third-order valence-corrected chi connectivity index (χ3v) is 4.81. The van der Waals surface area contributed by atoms with Crippen LogP contribution in [-0.2, 0) is 11.8 Å². The second-order valence-electron chi connectivity index (χ2n) is 6.58. The van der Waals surface area contributed by atoms with Crippen LogP contribution in [0.1, 0.15) is 44.1 Å². The Bertz CT molecular complexity index is 696. The summed E-state index contributed by atoms with van der Waals surface area (Å²) in [5.74, 6) is 0.253. The number of hydrogen-bond acceptors (Lipinski definition) is 4. The van der Waals surface area contributed by atoms with Crippen LogP contribution >= 0.6 is 11.3 Å². The van der Waals surface area contributed by atoms with E-state index in [2.05, 4.69) is 35.7 Å². The largest absolute Gasteiger partial charge is 0.367 e. The molecule has 2 atom stereocenters. The minimum absolute atomic E-state index is 0.00728. The van der Waals surface area contributed by atoms with E-state index in [1.54, 1.807) is 16.0 Å². The SMILES string of the molecule is CC(C)c1nn(C)cc1NC(=O)N1C[C@@H](C)O[C@@H](c2ccsc2)C1. The molecule has 1 saturated heterocycles. The molecule has 0 aliphatic carbocycles. The maximum atomic E-state index is 12.7. The van der Waals surface area contributed by atoms with Crippen molar-refractivity contribution in [3.8, 4) is 0 Å². The number of aromatic nitrogens is 2. The highest BCUT2D eigenvalue weighted by molar-refractivity contribution is 7.07. The van der Waals surface area contributed by atoms with Crippen LogP contribution in [-0.4, -0.2) is 39.9 Å². The molecule has 0 aromatic carbocycles. The molecule has 2 amide bonds. The summed E-state index contributed by atoms with van der Waals surface area (Å²) in [4.78, 5) is 14.6. The van der Waals surface area contributed by atoms with E-state index in [4.69, 9.17) is 4.74 Å². The predicted octanol–water partition coefficient (Wildman–Crippen LogP) is 3.60. The van der Waals surface area contributed by atoms with Gasteiger partial charge in [0.1, 0.15) is 6.10 Å². The number of rotatable bonds is 3. The molecule has 0 spiro atoms. The molecular weight excluding hydrogens is 324 g/mol. The molecule has 1 N–H and O–H groups in total. The summed E-state index contributed by atoms with van der Waals surface area (Å²) in [7, 11) is 1.87. The molecule has 6 nitrogen and oxygen atoms in total. The third-order valence-electron chi connectivity index (χ3n) is 4.11. The number of nitrogens with one attached hydrogen (secondary N) is 1. The minimum atomic E-state index is -0.0970. The van der Waals surface area contributed by atoms with E-state index < -0.39 is 0 Å². The maximum Gasteiger partial charge on any atom is 0.322 e. The van der Waals surface area contributed by atoms with Gasteiger partial charge in [0.2, 0.25) is 0 Å². The first-order chi connectivity index (χ1) is 11.4. The molecule has 1 aliphatic heterocycles. The Kier molecular flexibility index (Phi) is 4.91. The van der Waals surface area contributed by atoms with E-state index >= 15 is 0 Å². The Morgan fingerprint density at radius 2 is 2.25 bits per heavy atom. The normalized spacial score (nSPS) is 21.3. The van der Waals surface area contributed by atoms with Gasteiger partial charge in [-0.3, -0.25) is 4.68 Å². The second-order valence-corrected chi connectivity index (χ2v) is 7.36. The molecule has 7 heteroatoms. The molecule has 3 heterocycles. The van der Waals surface area contributed by atoms with Crippen LogP contribution in [0.25, 0.3) is 0 Å². The van der Waals surface area contributed by atoms with Crippen LogP contribution < -0.4 is 5.32 Å². The van der Waals surface area contributed by atoms with Gasteiger partial charge in [0.15, 0.2) is 0 Å². The molecule has 0 bridgehead atoms. The maximum absolute atomic E-state index is 12.7. The molecule has 3 rings (SSSR count). The van der Waals surface area contributed by atoms with Gasteiger partial charge < -0.3 is 15.0 Å². The fourth-order valence-electron chi connectivity index (χ4n) is 2.98. The van der Waals surface area contributed by atoms with E-state index in [-0.39, 0.29) is 24.2 Å². The molecule has 24 heavy (non-hydrogen) atoms. The highest BCUT2D eigenvalue weighted by atomic mass is 32.1. The van der Waals surface area contributed by atoms with Crippen molar-refractivity contribution >= 4 is 23.1 Å². The molecule has 0 radical (unpaired) electrons. The fraction of sp³-hybridized carbons (Fsp3) is 0.529. The summed E-state index contributed by atoms with van der Waals surface area (Å²) in [5, 5.41) is 11.6. The number of carbonyl (C=O) groups excluding carboxylic acids is 1. The van der Waals surface area contributed by atoms with Crippen molar-refractivity contribution in [1.82, 2.24) is 14.7 Å². The molecule has 2 aromatic heterocycles. The Hall–Kier alpha value is -1.86. The first kappa shape index (κ1) is 17.0. The molecular formula is C17H24N4O2S. The number of hydrogen-bond donors (Lipinski definition) is 1. The third kappa shape index (κ3) is 3.62. The van der Waals surface area contributed by atoms with E-state index in [1.807, 2.05) is 30.4 Å². The smallest absolute Gasteiger partial charge is 0.322 e. The Balaban J connectivity index is 1.72. The number of carbonyl (C=O) groups is 1. The lowest BCUT2D eigenvalue weighted by molar-refractivity contribution is -0.0640. The van der Waals surface area contributed by atoms with Crippen molar-refractivity contribution in [2.75, 3.05) is 18.4 Å². The van der Waals surface area contributed by atoms with Crippen molar-refractivity contribution in [2.24, 2.45) is 7.05 Å². The van der Waals surface area contributed by atoms with E-state index in [0.29, 0.717) is 13.1 Å². The number of nitrogens with zero attached hydrogens (tertiary/aromatic N) is 3. The number of anilines is 1. The van der Waals surface area contributed by atoms with Gasteiger partial charge >= 0.3 is 6.03 Å². The second kappa shape index (κ2) is 6.94. The highest BCUT2D eigenvalue weighted by Crippen LogP contribution is 2.28. The van der Waals surface area contributed by atoms with Gasteiger partial charge in [0, 0.05) is 19.8 Å². The quantitative estimate of drug-likeness (QED) is 0.922. The summed E-state index contributed by atoms with van der Waals surface area (Å²) in [6.45, 7) is 7.29. The molecule has 1 fully saturated rings. The minimum Gasteiger partial charge on any atom is -0.367 e. The first-order valence-corrected chi connectivity index (χ1v) is 9.15. The molecule has 0 saturated carbocycles. The van der Waals surface area contributed by atoms with Crippen molar-refractivity contribution in [1.29, 1.82) is 0 Å². The lowest BCUT2D eigenvalue weighted by Gasteiger charge is -2.36. The van der Waals surface area contributed by atoms with Gasteiger partial charge in [0.25, 0.3) is 0 Å². The predicted molar refractivity (Wildman–Crippen MR) is 95.5 cm³/mol. The number of aryl methyl sites for hydroxylation is 1. The zero-order valence-electron chi connectivity index (χ0n) is 14.5. The van der Waals surface area contributed by atoms with Gasteiger partial charge in [0.05, 0.1) is 24.0 Å². The Morgan fingerprint density at radius 1 is 1.46 bits per heavy atom. The first-order valence-electron chi connectivity index (χ1n) is 8.21. The highest BCUT2D eigenvalue weighted by Gasteiger charge is 2.30. The summed E-state index contributed by atoms with van der Waals surface area (Å²) in [6, 6.07) is 1.96. The number of ether oxygens (including phenoxy) is 1. The summed E-state index contributed by atoms with van der Waals surface area (Å²) in [6.07, 6.45) is 1.80. The van der Waals surface area contributed by atoms with Crippen molar-refractivity contribution in [3.63, 3.8) is 0 Å². The lowest BCUT2D eigenvalue weighted by atomic mass is 10.1. The van der Waals surface area contributed by atoms with Crippen LogP contribution in [0.5, 0.6) is 0 Å². The van der Waals surface area contributed by atoms with Gasteiger partial charge in [-0.25, -0.2) is 4.79 Å². The van der Waals surface area contributed by atoms with Gasteiger partial charge in [-0.05, 0) is 35.2 Å². The number of urea groups is 1. The average Bonchev–Trinajstić information content (AvgIpc) is 3.16. The fourth-order valence-corrected chi connectivity index (χ4v) is 3.68. The van der Waals surface area contributed by atoms with Crippen LogP contribution in [0.3, 0.4) is 0 Å². The number of thiophene rings is 1. The standard InChI is InChI=1S/C17H24N4O2S/c1-11(2)16-14(8-20(4)19-16)18-17(22)21-7-12(3)23-15(9-21)13-5-6-24-10-13/h5-6,8,10-12,15H,7,9H2,1-4H3,(H,18,22)/t12-,15-/m1/s1. The van der Waals surface area contributed by atoms with Gasteiger partial charge in [-0.1, -0.05) is 13.8 Å². The molecule has 130 valence electrons. The van der Waals surface area contributed by atoms with Crippen molar-refractivity contribution in [2.45, 2.75) is 38.9 Å². The van der Waals surface area contributed by atoms with Crippen LogP contribution in [0.4, 0.5) is 10.5 Å². The lowest BCUT2D eigenvalue weighted by Crippen LogP contribution is -2.47.